The summed E-state index contributed by atoms with van der Waals surface area (Å²) in [6.45, 7) is 1.46. The number of amides is 1. The molecular weight excluding hydrogens is 412 g/mol. The first-order valence-corrected chi connectivity index (χ1v) is 10.7. The quantitative estimate of drug-likeness (QED) is 0.546. The summed E-state index contributed by atoms with van der Waals surface area (Å²) in [6, 6.07) is 22.2. The Labute approximate surface area is 186 Å². The number of β-amino-alcohol motifs (C(OH)–C–C–N with tert-alkyl or cyclic N) is 1. The summed E-state index contributed by atoms with van der Waals surface area (Å²) in [7, 11) is 0. The lowest BCUT2D eigenvalue weighted by molar-refractivity contribution is -0.125. The molecule has 0 bridgehead atoms. The highest BCUT2D eigenvalue weighted by atomic mass is 35.5. The van der Waals surface area contributed by atoms with Crippen molar-refractivity contribution in [1.82, 2.24) is 10.2 Å². The number of nitrogens with one attached hydrogen (secondary N) is 1. The van der Waals surface area contributed by atoms with E-state index in [1.807, 2.05) is 47.4 Å². The van der Waals surface area contributed by atoms with Crippen molar-refractivity contribution in [2.45, 2.75) is 31.7 Å². The molecule has 2 atom stereocenters. The number of hydrogen-bond donors (Lipinski definition) is 3. The van der Waals surface area contributed by atoms with Crippen molar-refractivity contribution in [2.24, 2.45) is 0 Å². The summed E-state index contributed by atoms with van der Waals surface area (Å²) >= 11 is 5.91. The van der Waals surface area contributed by atoms with Gasteiger partial charge < -0.3 is 15.5 Å². The summed E-state index contributed by atoms with van der Waals surface area (Å²) < 4.78 is 0. The third kappa shape index (κ3) is 5.44. The van der Waals surface area contributed by atoms with Crippen molar-refractivity contribution in [2.75, 3.05) is 6.54 Å². The van der Waals surface area contributed by atoms with Crippen LogP contribution in [0, 0.1) is 0 Å². The van der Waals surface area contributed by atoms with Crippen LogP contribution in [-0.4, -0.2) is 39.7 Å². The minimum atomic E-state index is -0.522. The van der Waals surface area contributed by atoms with E-state index in [2.05, 4.69) is 11.4 Å². The number of phenols is 1. The van der Waals surface area contributed by atoms with Crippen LogP contribution < -0.4 is 5.32 Å². The Balaban J connectivity index is 1.43. The SMILES string of the molecule is O=C(NCc1ccc(Cl)cc1)C1CC(O)CN1Cc1cccc(-c2ccc(O)cc2)c1. The monoisotopic (exact) mass is 436 g/mol. The predicted molar refractivity (Wildman–Crippen MR) is 122 cm³/mol. The molecule has 5 nitrogen and oxygen atoms in total. The van der Waals surface area contributed by atoms with Crippen molar-refractivity contribution in [1.29, 1.82) is 0 Å². The second kappa shape index (κ2) is 9.52. The van der Waals surface area contributed by atoms with Gasteiger partial charge in [0.05, 0.1) is 12.1 Å². The van der Waals surface area contributed by atoms with Crippen molar-refractivity contribution >= 4 is 17.5 Å². The van der Waals surface area contributed by atoms with E-state index in [-0.39, 0.29) is 17.7 Å². The fraction of sp³-hybridized carbons (Fsp3) is 0.240. The molecule has 0 radical (unpaired) electrons. The maximum absolute atomic E-state index is 12.8. The van der Waals surface area contributed by atoms with Gasteiger partial charge in [0.1, 0.15) is 5.75 Å². The highest BCUT2D eigenvalue weighted by Gasteiger charge is 2.35. The number of likely N-dealkylation sites (tertiary alicyclic amines) is 1. The van der Waals surface area contributed by atoms with Crippen LogP contribution in [0.5, 0.6) is 5.75 Å². The first-order chi connectivity index (χ1) is 15.0. The first-order valence-electron chi connectivity index (χ1n) is 10.3. The fourth-order valence-corrected chi connectivity index (χ4v) is 4.10. The third-order valence-electron chi connectivity index (χ3n) is 5.58. The van der Waals surface area contributed by atoms with Crippen molar-refractivity contribution in [3.8, 4) is 16.9 Å². The number of carbonyl (C=O) groups excluding carboxylic acids is 1. The average molecular weight is 437 g/mol. The van der Waals surface area contributed by atoms with E-state index in [4.69, 9.17) is 11.6 Å². The molecule has 1 aliphatic rings. The number of halogens is 1. The van der Waals surface area contributed by atoms with Gasteiger partial charge in [-0.15, -0.1) is 0 Å². The summed E-state index contributed by atoms with van der Waals surface area (Å²) in [5, 5.41) is 23.4. The average Bonchev–Trinajstić information content (AvgIpc) is 3.14. The highest BCUT2D eigenvalue weighted by Crippen LogP contribution is 2.25. The Kier molecular flexibility index (Phi) is 6.56. The molecule has 1 amide bonds. The number of hydrogen-bond acceptors (Lipinski definition) is 4. The minimum absolute atomic E-state index is 0.0822. The van der Waals surface area contributed by atoms with E-state index in [0.29, 0.717) is 31.1 Å². The Morgan fingerprint density at radius 3 is 2.48 bits per heavy atom. The maximum atomic E-state index is 12.8. The van der Waals surface area contributed by atoms with Gasteiger partial charge in [0.2, 0.25) is 5.91 Å². The molecule has 6 heteroatoms. The molecule has 1 heterocycles. The lowest BCUT2D eigenvalue weighted by Crippen LogP contribution is -2.42. The predicted octanol–water partition coefficient (Wildman–Crippen LogP) is 3.96. The molecule has 2 unspecified atom stereocenters. The molecule has 1 aliphatic heterocycles. The number of benzene rings is 3. The summed E-state index contributed by atoms with van der Waals surface area (Å²) in [5.41, 5.74) is 4.10. The molecule has 160 valence electrons. The lowest BCUT2D eigenvalue weighted by atomic mass is 10.0. The summed E-state index contributed by atoms with van der Waals surface area (Å²) in [6.07, 6.45) is -0.101. The summed E-state index contributed by atoms with van der Waals surface area (Å²) in [4.78, 5) is 14.9. The Hall–Kier alpha value is -2.86. The van der Waals surface area contributed by atoms with Gasteiger partial charge in [0.25, 0.3) is 0 Å². The van der Waals surface area contributed by atoms with Crippen LogP contribution in [0.4, 0.5) is 0 Å². The van der Waals surface area contributed by atoms with Gasteiger partial charge in [-0.05, 0) is 59.0 Å². The molecule has 0 saturated carbocycles. The van der Waals surface area contributed by atoms with Gasteiger partial charge in [-0.3, -0.25) is 9.69 Å². The topological polar surface area (TPSA) is 72.8 Å². The number of aliphatic hydroxyl groups is 1. The lowest BCUT2D eigenvalue weighted by Gasteiger charge is -2.23. The van der Waals surface area contributed by atoms with E-state index < -0.39 is 6.10 Å². The molecule has 3 aromatic rings. The smallest absolute Gasteiger partial charge is 0.237 e. The molecule has 0 spiro atoms. The van der Waals surface area contributed by atoms with Crippen molar-refractivity contribution in [3.05, 3.63) is 88.9 Å². The van der Waals surface area contributed by atoms with E-state index in [1.54, 1.807) is 24.3 Å². The molecule has 0 aliphatic carbocycles. The highest BCUT2D eigenvalue weighted by molar-refractivity contribution is 6.30. The molecule has 31 heavy (non-hydrogen) atoms. The van der Waals surface area contributed by atoms with Gasteiger partial charge in [0.15, 0.2) is 0 Å². The maximum Gasteiger partial charge on any atom is 0.237 e. The normalized spacial score (nSPS) is 18.8. The van der Waals surface area contributed by atoms with Crippen LogP contribution in [-0.2, 0) is 17.9 Å². The van der Waals surface area contributed by atoms with Crippen molar-refractivity contribution < 1.29 is 15.0 Å². The number of phenolic OH excluding ortho intramolecular Hbond substituents is 1. The van der Waals surface area contributed by atoms with E-state index >= 15 is 0 Å². The summed E-state index contributed by atoms with van der Waals surface area (Å²) in [5.74, 6) is 0.152. The number of aromatic hydroxyl groups is 1. The van der Waals surface area contributed by atoms with E-state index in [0.717, 1.165) is 22.3 Å². The minimum Gasteiger partial charge on any atom is -0.508 e. The van der Waals surface area contributed by atoms with Crippen LogP contribution in [0.25, 0.3) is 11.1 Å². The number of nitrogens with zero attached hydrogens (tertiary/aromatic N) is 1. The van der Waals surface area contributed by atoms with Crippen molar-refractivity contribution in [3.63, 3.8) is 0 Å². The molecule has 1 fully saturated rings. The number of carbonyl (C=O) groups is 1. The zero-order valence-electron chi connectivity index (χ0n) is 17.0. The van der Waals surface area contributed by atoms with Gasteiger partial charge in [-0.2, -0.15) is 0 Å². The van der Waals surface area contributed by atoms with Crippen LogP contribution >= 0.6 is 11.6 Å². The molecule has 4 rings (SSSR count). The largest absolute Gasteiger partial charge is 0.508 e. The zero-order valence-corrected chi connectivity index (χ0v) is 17.8. The van der Waals surface area contributed by atoms with Gasteiger partial charge in [-0.25, -0.2) is 0 Å². The Morgan fingerprint density at radius 1 is 1.00 bits per heavy atom. The van der Waals surface area contributed by atoms with Gasteiger partial charge >= 0.3 is 0 Å². The van der Waals surface area contributed by atoms with Crippen LogP contribution in [0.1, 0.15) is 17.5 Å². The Bertz CT molecular complexity index is 1040. The standard InChI is InChI=1S/C25H25ClN2O3/c26-21-8-4-17(5-9-21)14-27-25(31)24-13-23(30)16-28(24)15-18-2-1-3-20(12-18)19-6-10-22(29)11-7-19/h1-12,23-24,29-30H,13-16H2,(H,27,31). The molecule has 3 N–H and O–H groups in total. The van der Waals surface area contributed by atoms with Crippen LogP contribution in [0.2, 0.25) is 5.02 Å². The molecular formula is C25H25ClN2O3. The van der Waals surface area contributed by atoms with Gasteiger partial charge in [0, 0.05) is 24.7 Å². The third-order valence-corrected chi connectivity index (χ3v) is 5.83. The van der Waals surface area contributed by atoms with E-state index in [1.165, 1.54) is 0 Å². The van der Waals surface area contributed by atoms with Crippen LogP contribution in [0.15, 0.2) is 72.8 Å². The fourth-order valence-electron chi connectivity index (χ4n) is 3.97. The van der Waals surface area contributed by atoms with Crippen LogP contribution in [0.3, 0.4) is 0 Å². The van der Waals surface area contributed by atoms with E-state index in [9.17, 15) is 15.0 Å². The number of rotatable bonds is 6. The first kappa shape index (κ1) is 21.4. The van der Waals surface area contributed by atoms with Gasteiger partial charge in [-0.1, -0.05) is 54.1 Å². The number of aliphatic hydroxyl groups excluding tert-OH is 1. The molecule has 0 aromatic heterocycles. The Morgan fingerprint density at radius 2 is 1.74 bits per heavy atom. The molecule has 1 saturated heterocycles. The second-order valence-corrected chi connectivity index (χ2v) is 8.36. The zero-order chi connectivity index (χ0) is 21.8. The second-order valence-electron chi connectivity index (χ2n) is 7.93. The molecule has 3 aromatic carbocycles.